The molecule has 2 fully saturated rings. The zero-order valence-electron chi connectivity index (χ0n) is 16.2. The zero-order chi connectivity index (χ0) is 21.6. The van der Waals surface area contributed by atoms with Gasteiger partial charge in [0.25, 0.3) is 11.7 Å². The lowest BCUT2D eigenvalue weighted by Crippen LogP contribution is -2.40. The van der Waals surface area contributed by atoms with Crippen molar-refractivity contribution in [3.63, 3.8) is 0 Å². The quantitative estimate of drug-likeness (QED) is 0.460. The van der Waals surface area contributed by atoms with Gasteiger partial charge in [0.05, 0.1) is 23.1 Å². The molecule has 4 rings (SSSR count). The van der Waals surface area contributed by atoms with E-state index in [9.17, 15) is 27.5 Å². The van der Waals surface area contributed by atoms with Crippen molar-refractivity contribution in [1.29, 1.82) is 0 Å². The van der Waals surface area contributed by atoms with Gasteiger partial charge in [-0.15, -0.1) is 0 Å². The number of aliphatic hydroxyl groups is 1. The van der Waals surface area contributed by atoms with Gasteiger partial charge in [-0.3, -0.25) is 9.59 Å². The van der Waals surface area contributed by atoms with E-state index in [2.05, 4.69) is 0 Å². The van der Waals surface area contributed by atoms with E-state index in [1.54, 1.807) is 30.3 Å². The lowest BCUT2D eigenvalue weighted by molar-refractivity contribution is -0.141. The summed E-state index contributed by atoms with van der Waals surface area (Å²) in [6.07, 6.45) is 0.186. The second kappa shape index (κ2) is 7.36. The van der Waals surface area contributed by atoms with E-state index >= 15 is 0 Å². The molecule has 2 atom stereocenters. The van der Waals surface area contributed by atoms with Crippen LogP contribution in [0, 0.1) is 12.7 Å². The number of Topliss-reactive ketones (excluding diaryl/α,β-unsaturated/α-hetero) is 1. The van der Waals surface area contributed by atoms with Crippen molar-refractivity contribution in [3.05, 3.63) is 76.6 Å². The number of aliphatic hydroxyl groups excluding tert-OH is 1. The molecule has 2 saturated heterocycles. The van der Waals surface area contributed by atoms with Crippen LogP contribution in [-0.4, -0.2) is 47.7 Å². The number of carbonyl (C=O) groups excluding carboxylic acids is 2. The van der Waals surface area contributed by atoms with Gasteiger partial charge in [0.15, 0.2) is 9.84 Å². The normalized spacial score (nSPS) is 25.1. The summed E-state index contributed by atoms with van der Waals surface area (Å²) < 4.78 is 38.0. The molecule has 0 radical (unpaired) electrons. The van der Waals surface area contributed by atoms with Gasteiger partial charge in [0.2, 0.25) is 0 Å². The summed E-state index contributed by atoms with van der Waals surface area (Å²) in [6, 6.07) is 10.4. The van der Waals surface area contributed by atoms with Crippen LogP contribution in [-0.2, 0) is 19.4 Å². The number of hydrogen-bond acceptors (Lipinski definition) is 5. The number of nitrogens with zero attached hydrogens (tertiary/aromatic N) is 1. The molecule has 2 aromatic carbocycles. The summed E-state index contributed by atoms with van der Waals surface area (Å²) in [4.78, 5) is 27.0. The number of ketones is 1. The first-order valence-corrected chi connectivity index (χ1v) is 11.3. The molecule has 2 aliphatic rings. The third-order valence-electron chi connectivity index (χ3n) is 5.57. The highest BCUT2D eigenvalue weighted by atomic mass is 32.2. The van der Waals surface area contributed by atoms with E-state index in [-0.39, 0.29) is 29.3 Å². The highest BCUT2D eigenvalue weighted by Crippen LogP contribution is 2.42. The van der Waals surface area contributed by atoms with Gasteiger partial charge in [0.1, 0.15) is 11.6 Å². The lowest BCUT2D eigenvalue weighted by atomic mass is 9.94. The summed E-state index contributed by atoms with van der Waals surface area (Å²) in [5.74, 6) is -3.09. The Morgan fingerprint density at radius 2 is 1.83 bits per heavy atom. The molecule has 6 nitrogen and oxygen atoms in total. The molecule has 30 heavy (non-hydrogen) atoms. The third kappa shape index (κ3) is 3.52. The number of benzene rings is 2. The Kier molecular flexibility index (Phi) is 4.97. The predicted octanol–water partition coefficient (Wildman–Crippen LogP) is 2.74. The monoisotopic (exact) mass is 429 g/mol. The number of carbonyl (C=O) groups is 2. The molecule has 0 spiro atoms. The maximum absolute atomic E-state index is 14.0. The molecule has 0 aromatic heterocycles. The van der Waals surface area contributed by atoms with Crippen LogP contribution in [0.5, 0.6) is 0 Å². The van der Waals surface area contributed by atoms with Crippen molar-refractivity contribution >= 4 is 27.3 Å². The number of hydrogen-bond donors (Lipinski definition) is 1. The minimum absolute atomic E-state index is 0.0888. The maximum Gasteiger partial charge on any atom is 0.295 e. The Morgan fingerprint density at radius 3 is 2.43 bits per heavy atom. The first-order chi connectivity index (χ1) is 14.2. The number of rotatable bonds is 3. The minimum atomic E-state index is -3.34. The number of amides is 1. The molecule has 2 aromatic rings. The van der Waals surface area contributed by atoms with Crippen molar-refractivity contribution in [1.82, 2.24) is 4.90 Å². The van der Waals surface area contributed by atoms with Gasteiger partial charge in [-0.2, -0.15) is 0 Å². The van der Waals surface area contributed by atoms with Crippen molar-refractivity contribution in [2.75, 3.05) is 11.5 Å². The first-order valence-electron chi connectivity index (χ1n) is 9.51. The second-order valence-corrected chi connectivity index (χ2v) is 9.91. The molecule has 1 N–H and O–H groups in total. The first kappa shape index (κ1) is 20.3. The summed E-state index contributed by atoms with van der Waals surface area (Å²) in [6.45, 7) is 1.87. The Bertz CT molecular complexity index is 1170. The highest BCUT2D eigenvalue weighted by molar-refractivity contribution is 7.91. The molecule has 2 unspecified atom stereocenters. The van der Waals surface area contributed by atoms with Gasteiger partial charge in [-0.1, -0.05) is 42.0 Å². The van der Waals surface area contributed by atoms with E-state index in [4.69, 9.17) is 0 Å². The van der Waals surface area contributed by atoms with Crippen LogP contribution in [0.3, 0.4) is 0 Å². The Labute approximate surface area is 173 Å². The van der Waals surface area contributed by atoms with Crippen molar-refractivity contribution in [3.8, 4) is 0 Å². The Balaban J connectivity index is 1.90. The maximum atomic E-state index is 14.0. The summed E-state index contributed by atoms with van der Waals surface area (Å²) in [7, 11) is -3.34. The Hall–Kier alpha value is -3.00. The highest BCUT2D eigenvalue weighted by Gasteiger charge is 2.50. The van der Waals surface area contributed by atoms with Gasteiger partial charge < -0.3 is 10.0 Å². The fraction of sp³-hybridized carbons (Fsp3) is 0.273. The van der Waals surface area contributed by atoms with Gasteiger partial charge in [0, 0.05) is 11.6 Å². The number of halogens is 1. The SMILES string of the molecule is Cc1ccc(/C(O)=C2\C(=O)C(=O)N(C3CCS(=O)(=O)C3)C2c2cccc(F)c2)cc1. The standard InChI is InChI=1S/C22H20FNO5S/c1-13-5-7-14(8-6-13)20(25)18-19(15-3-2-4-16(23)11-15)24(22(27)21(18)26)17-9-10-30(28,29)12-17/h2-8,11,17,19,25H,9-10,12H2,1H3/b20-18+. The molecule has 0 bridgehead atoms. The average Bonchev–Trinajstić information content (AvgIpc) is 3.18. The minimum Gasteiger partial charge on any atom is -0.507 e. The largest absolute Gasteiger partial charge is 0.507 e. The predicted molar refractivity (Wildman–Crippen MR) is 109 cm³/mol. The summed E-state index contributed by atoms with van der Waals surface area (Å²) in [5.41, 5.74) is 1.43. The molecule has 2 aliphatic heterocycles. The number of likely N-dealkylation sites (tertiary alicyclic amines) is 1. The van der Waals surface area contributed by atoms with Gasteiger partial charge >= 0.3 is 0 Å². The lowest BCUT2D eigenvalue weighted by Gasteiger charge is -2.30. The van der Waals surface area contributed by atoms with E-state index < -0.39 is 39.4 Å². The van der Waals surface area contributed by atoms with Crippen LogP contribution < -0.4 is 0 Å². The fourth-order valence-corrected chi connectivity index (χ4v) is 5.80. The van der Waals surface area contributed by atoms with Gasteiger partial charge in [-0.05, 0) is 31.0 Å². The van der Waals surface area contributed by atoms with E-state index in [1.165, 1.54) is 23.1 Å². The number of aryl methyl sites for hydroxylation is 1. The van der Waals surface area contributed by atoms with Crippen LogP contribution >= 0.6 is 0 Å². The van der Waals surface area contributed by atoms with Crippen LogP contribution in [0.1, 0.15) is 29.2 Å². The smallest absolute Gasteiger partial charge is 0.295 e. The van der Waals surface area contributed by atoms with Crippen molar-refractivity contribution in [2.45, 2.75) is 25.4 Å². The van der Waals surface area contributed by atoms with E-state index in [1.807, 2.05) is 6.92 Å². The summed E-state index contributed by atoms with van der Waals surface area (Å²) in [5, 5.41) is 10.9. The molecular weight excluding hydrogens is 409 g/mol. The number of sulfone groups is 1. The van der Waals surface area contributed by atoms with Gasteiger partial charge in [-0.25, -0.2) is 12.8 Å². The Morgan fingerprint density at radius 1 is 1.13 bits per heavy atom. The van der Waals surface area contributed by atoms with Crippen LogP contribution in [0.2, 0.25) is 0 Å². The molecule has 2 heterocycles. The van der Waals surface area contributed by atoms with Crippen molar-refractivity contribution < 1.29 is 27.5 Å². The van der Waals surface area contributed by atoms with Crippen LogP contribution in [0.15, 0.2) is 54.1 Å². The second-order valence-electron chi connectivity index (χ2n) is 7.68. The molecule has 0 saturated carbocycles. The van der Waals surface area contributed by atoms with Crippen molar-refractivity contribution in [2.24, 2.45) is 0 Å². The topological polar surface area (TPSA) is 91.8 Å². The molecule has 156 valence electrons. The molecule has 8 heteroatoms. The third-order valence-corrected chi connectivity index (χ3v) is 7.32. The molecular formula is C22H20FNO5S. The van der Waals surface area contributed by atoms with Crippen LogP contribution in [0.25, 0.3) is 5.76 Å². The van der Waals surface area contributed by atoms with E-state index in [0.717, 1.165) is 5.56 Å². The molecule has 1 amide bonds. The average molecular weight is 429 g/mol. The molecule has 0 aliphatic carbocycles. The zero-order valence-corrected chi connectivity index (χ0v) is 17.0. The van der Waals surface area contributed by atoms with Crippen LogP contribution in [0.4, 0.5) is 4.39 Å². The summed E-state index contributed by atoms with van der Waals surface area (Å²) >= 11 is 0. The fourth-order valence-electron chi connectivity index (χ4n) is 4.09. The van der Waals surface area contributed by atoms with E-state index in [0.29, 0.717) is 11.1 Å².